The highest BCUT2D eigenvalue weighted by Gasteiger charge is 2.51. The molecule has 2 aromatic rings. The summed E-state index contributed by atoms with van der Waals surface area (Å²) in [7, 11) is 1.58. The number of imide groups is 1. The third kappa shape index (κ3) is 3.54. The first-order valence-electron chi connectivity index (χ1n) is 8.96. The number of benzene rings is 2. The minimum Gasteiger partial charge on any atom is -0.497 e. The Morgan fingerprint density at radius 3 is 2.37 bits per heavy atom. The van der Waals surface area contributed by atoms with Gasteiger partial charge in [-0.05, 0) is 57.0 Å². The third-order valence-corrected chi connectivity index (χ3v) is 4.70. The molecule has 1 unspecified atom stereocenters. The van der Waals surface area contributed by atoms with Crippen LogP contribution >= 0.6 is 0 Å². The number of hydrogen-bond donors (Lipinski definition) is 0. The van der Waals surface area contributed by atoms with Crippen molar-refractivity contribution in [3.8, 4) is 5.75 Å². The van der Waals surface area contributed by atoms with Crippen LogP contribution in [0.25, 0.3) is 0 Å². The number of carbonyl (C=O) groups excluding carboxylic acids is 2. The molecule has 1 aliphatic heterocycles. The maximum atomic E-state index is 13.1. The summed E-state index contributed by atoms with van der Waals surface area (Å²) in [6.45, 7) is 7.26. The van der Waals surface area contributed by atoms with E-state index in [0.717, 1.165) is 11.1 Å². The molecule has 2 amide bonds. The SMILES string of the molecule is COc1ccc2c(c1)C(C)(Cc1ccccc1)N(C(=O)OC(C)(C)C)C2=O. The summed E-state index contributed by atoms with van der Waals surface area (Å²) in [5, 5.41) is 0. The van der Waals surface area contributed by atoms with Crippen LogP contribution in [0.4, 0.5) is 4.79 Å². The van der Waals surface area contributed by atoms with E-state index in [9.17, 15) is 9.59 Å². The number of ether oxygens (including phenoxy) is 2. The zero-order chi connectivity index (χ0) is 19.8. The van der Waals surface area contributed by atoms with Crippen molar-refractivity contribution in [1.82, 2.24) is 4.90 Å². The fraction of sp³-hybridized carbons (Fsp3) is 0.364. The lowest BCUT2D eigenvalue weighted by Gasteiger charge is -2.35. The molecular weight excluding hydrogens is 342 g/mol. The molecule has 0 saturated carbocycles. The first-order chi connectivity index (χ1) is 12.7. The minimum absolute atomic E-state index is 0.347. The molecule has 1 heterocycles. The Kier molecular flexibility index (Phi) is 4.72. The van der Waals surface area contributed by atoms with Crippen molar-refractivity contribution in [3.63, 3.8) is 0 Å². The zero-order valence-electron chi connectivity index (χ0n) is 16.4. The number of nitrogens with zero attached hydrogens (tertiary/aromatic N) is 1. The molecular formula is C22H25NO4. The summed E-state index contributed by atoms with van der Waals surface area (Å²) in [6, 6.07) is 15.1. The van der Waals surface area contributed by atoms with E-state index < -0.39 is 17.2 Å². The molecule has 2 aromatic carbocycles. The molecule has 1 aliphatic rings. The Balaban J connectivity index is 2.11. The Bertz CT molecular complexity index is 870. The van der Waals surface area contributed by atoms with Crippen molar-refractivity contribution >= 4 is 12.0 Å². The number of rotatable bonds is 3. The van der Waals surface area contributed by atoms with Crippen LogP contribution < -0.4 is 4.74 Å². The van der Waals surface area contributed by atoms with Crippen LogP contribution in [0.3, 0.4) is 0 Å². The lowest BCUT2D eigenvalue weighted by molar-refractivity contribution is 0.00669. The summed E-state index contributed by atoms with van der Waals surface area (Å²) in [4.78, 5) is 27.3. The Morgan fingerprint density at radius 2 is 1.78 bits per heavy atom. The normalized spacial score (nSPS) is 19.0. The molecule has 0 aromatic heterocycles. The Hall–Kier alpha value is -2.82. The van der Waals surface area contributed by atoms with Crippen LogP contribution in [-0.2, 0) is 16.7 Å². The molecule has 0 aliphatic carbocycles. The van der Waals surface area contributed by atoms with Gasteiger partial charge >= 0.3 is 6.09 Å². The van der Waals surface area contributed by atoms with Gasteiger partial charge in [-0.3, -0.25) is 4.79 Å². The average Bonchev–Trinajstić information content (AvgIpc) is 2.81. The summed E-state index contributed by atoms with van der Waals surface area (Å²) >= 11 is 0. The van der Waals surface area contributed by atoms with Crippen molar-refractivity contribution in [2.45, 2.75) is 45.3 Å². The van der Waals surface area contributed by atoms with E-state index in [1.54, 1.807) is 40.0 Å². The van der Waals surface area contributed by atoms with Gasteiger partial charge in [-0.2, -0.15) is 0 Å². The second-order valence-corrected chi connectivity index (χ2v) is 7.97. The molecule has 0 N–H and O–H groups in total. The first-order valence-corrected chi connectivity index (χ1v) is 8.96. The van der Waals surface area contributed by atoms with E-state index in [4.69, 9.17) is 9.47 Å². The molecule has 0 saturated heterocycles. The van der Waals surface area contributed by atoms with Crippen LogP contribution in [0, 0.1) is 0 Å². The molecule has 0 bridgehead atoms. The molecule has 27 heavy (non-hydrogen) atoms. The van der Waals surface area contributed by atoms with E-state index in [1.165, 1.54) is 4.90 Å². The number of methoxy groups -OCH3 is 1. The molecule has 0 fully saturated rings. The van der Waals surface area contributed by atoms with Gasteiger partial charge in [0.05, 0.1) is 12.6 Å². The lowest BCUT2D eigenvalue weighted by Crippen LogP contribution is -2.49. The van der Waals surface area contributed by atoms with Gasteiger partial charge in [0.2, 0.25) is 0 Å². The summed E-state index contributed by atoms with van der Waals surface area (Å²) < 4.78 is 10.9. The molecule has 5 nitrogen and oxygen atoms in total. The predicted octanol–water partition coefficient (Wildman–Crippen LogP) is 4.54. The van der Waals surface area contributed by atoms with Gasteiger partial charge in [0.1, 0.15) is 11.4 Å². The second-order valence-electron chi connectivity index (χ2n) is 7.97. The highest BCUT2D eigenvalue weighted by Crippen LogP contribution is 2.43. The fourth-order valence-electron chi connectivity index (χ4n) is 3.51. The number of hydrogen-bond acceptors (Lipinski definition) is 4. The quantitative estimate of drug-likeness (QED) is 0.799. The summed E-state index contributed by atoms with van der Waals surface area (Å²) in [5.74, 6) is 0.298. The monoisotopic (exact) mass is 367 g/mol. The molecule has 3 rings (SSSR count). The van der Waals surface area contributed by atoms with Crippen molar-refractivity contribution in [2.24, 2.45) is 0 Å². The van der Waals surface area contributed by atoms with Gasteiger partial charge in [-0.15, -0.1) is 0 Å². The van der Waals surface area contributed by atoms with E-state index in [0.29, 0.717) is 17.7 Å². The molecule has 0 radical (unpaired) electrons. The van der Waals surface area contributed by atoms with Gasteiger partial charge in [0.25, 0.3) is 5.91 Å². The molecule has 1 atom stereocenters. The van der Waals surface area contributed by atoms with Gasteiger partial charge in [-0.25, -0.2) is 9.69 Å². The number of carbonyl (C=O) groups is 2. The van der Waals surface area contributed by atoms with Crippen molar-refractivity contribution in [2.75, 3.05) is 7.11 Å². The highest BCUT2D eigenvalue weighted by molar-refractivity contribution is 6.08. The van der Waals surface area contributed by atoms with Crippen molar-refractivity contribution in [3.05, 3.63) is 65.2 Å². The van der Waals surface area contributed by atoms with Crippen LogP contribution in [-0.4, -0.2) is 29.6 Å². The largest absolute Gasteiger partial charge is 0.497 e. The second kappa shape index (κ2) is 6.72. The van der Waals surface area contributed by atoms with Crippen molar-refractivity contribution in [1.29, 1.82) is 0 Å². The fourth-order valence-corrected chi connectivity index (χ4v) is 3.51. The summed E-state index contributed by atoms with van der Waals surface area (Å²) in [5.41, 5.74) is 0.723. The molecule has 0 spiro atoms. The lowest BCUT2D eigenvalue weighted by atomic mass is 9.85. The average molecular weight is 367 g/mol. The minimum atomic E-state index is -0.870. The van der Waals surface area contributed by atoms with Crippen molar-refractivity contribution < 1.29 is 19.1 Å². The van der Waals surface area contributed by atoms with Crippen LogP contribution in [0.15, 0.2) is 48.5 Å². The van der Waals surface area contributed by atoms with Crippen LogP contribution in [0.5, 0.6) is 5.75 Å². The third-order valence-electron chi connectivity index (χ3n) is 4.70. The maximum Gasteiger partial charge on any atom is 0.418 e. The van der Waals surface area contributed by atoms with Crippen LogP contribution in [0.2, 0.25) is 0 Å². The molecule has 142 valence electrons. The van der Waals surface area contributed by atoms with Gasteiger partial charge in [0.15, 0.2) is 0 Å². The first kappa shape index (κ1) is 19.0. The van der Waals surface area contributed by atoms with E-state index >= 15 is 0 Å². The summed E-state index contributed by atoms with van der Waals surface area (Å²) in [6.07, 6.45) is -0.153. The van der Waals surface area contributed by atoms with Gasteiger partial charge < -0.3 is 9.47 Å². The van der Waals surface area contributed by atoms with E-state index in [-0.39, 0.29) is 5.91 Å². The standard InChI is InChI=1S/C22H25NO4/c1-21(2,3)27-20(25)23-19(24)17-12-11-16(26-5)13-18(17)22(23,4)14-15-9-7-6-8-10-15/h6-13H,14H2,1-5H3. The van der Waals surface area contributed by atoms with Gasteiger partial charge in [-0.1, -0.05) is 30.3 Å². The smallest absolute Gasteiger partial charge is 0.418 e. The van der Waals surface area contributed by atoms with E-state index in [1.807, 2.05) is 43.3 Å². The number of amides is 2. The number of fused-ring (bicyclic) bond motifs is 1. The predicted molar refractivity (Wildman–Crippen MR) is 103 cm³/mol. The highest BCUT2D eigenvalue weighted by atomic mass is 16.6. The van der Waals surface area contributed by atoms with Gasteiger partial charge in [0, 0.05) is 12.0 Å². The molecule has 5 heteroatoms. The maximum absolute atomic E-state index is 13.1. The van der Waals surface area contributed by atoms with Crippen LogP contribution in [0.1, 0.15) is 49.2 Å². The topological polar surface area (TPSA) is 55.8 Å². The Morgan fingerprint density at radius 1 is 1.11 bits per heavy atom. The zero-order valence-corrected chi connectivity index (χ0v) is 16.4. The van der Waals surface area contributed by atoms with E-state index in [2.05, 4.69) is 0 Å². The Labute approximate surface area is 159 Å².